The number of rotatable bonds is 3. The van der Waals surface area contributed by atoms with E-state index in [1.807, 2.05) is 6.20 Å². The molecule has 2 heterocycles. The molecule has 112 valence electrons. The van der Waals surface area contributed by atoms with Crippen molar-refractivity contribution in [3.63, 3.8) is 0 Å². The predicted molar refractivity (Wildman–Crippen MR) is 86.1 cm³/mol. The highest BCUT2D eigenvalue weighted by atomic mass is 15.2. The molecule has 0 atom stereocenters. The zero-order chi connectivity index (χ0) is 14.8. The van der Waals surface area contributed by atoms with Crippen LogP contribution in [0.15, 0.2) is 18.3 Å². The second-order valence-electron chi connectivity index (χ2n) is 7.78. The van der Waals surface area contributed by atoms with E-state index in [1.54, 1.807) is 0 Å². The molecular formula is C17H29N3. The molecule has 20 heavy (non-hydrogen) atoms. The summed E-state index contributed by atoms with van der Waals surface area (Å²) in [7, 11) is 0. The Bertz CT molecular complexity index is 436. The summed E-state index contributed by atoms with van der Waals surface area (Å²) in [6.07, 6.45) is 4.44. The number of hydrogen-bond acceptors (Lipinski definition) is 3. The van der Waals surface area contributed by atoms with E-state index in [0.29, 0.717) is 5.41 Å². The first-order chi connectivity index (χ1) is 9.25. The van der Waals surface area contributed by atoms with Gasteiger partial charge in [-0.3, -0.25) is 0 Å². The monoisotopic (exact) mass is 275 g/mol. The average molecular weight is 275 g/mol. The Hall–Kier alpha value is -1.09. The molecule has 0 bridgehead atoms. The van der Waals surface area contributed by atoms with Gasteiger partial charge < -0.3 is 10.2 Å². The number of hydrogen-bond donors (Lipinski definition) is 1. The van der Waals surface area contributed by atoms with Crippen LogP contribution in [0.2, 0.25) is 0 Å². The van der Waals surface area contributed by atoms with E-state index in [-0.39, 0.29) is 5.54 Å². The van der Waals surface area contributed by atoms with Gasteiger partial charge >= 0.3 is 0 Å². The third-order valence-electron chi connectivity index (χ3n) is 4.07. The molecule has 1 aromatic heterocycles. The quantitative estimate of drug-likeness (QED) is 0.913. The van der Waals surface area contributed by atoms with E-state index in [1.165, 1.54) is 18.4 Å². The SMILES string of the molecule is CC1(C)CCN(c2cc(CNC(C)(C)C)ccn2)CC1. The molecule has 0 spiro atoms. The van der Waals surface area contributed by atoms with Crippen LogP contribution in [0, 0.1) is 5.41 Å². The number of anilines is 1. The predicted octanol–water partition coefficient (Wildman–Crippen LogP) is 3.60. The molecular weight excluding hydrogens is 246 g/mol. The van der Waals surface area contributed by atoms with Gasteiger partial charge in [-0.25, -0.2) is 4.98 Å². The lowest BCUT2D eigenvalue weighted by molar-refractivity contribution is 0.279. The van der Waals surface area contributed by atoms with E-state index >= 15 is 0 Å². The molecule has 1 fully saturated rings. The van der Waals surface area contributed by atoms with Gasteiger partial charge in [0, 0.05) is 31.4 Å². The van der Waals surface area contributed by atoms with Gasteiger partial charge in [-0.2, -0.15) is 0 Å². The van der Waals surface area contributed by atoms with Crippen LogP contribution in [0.5, 0.6) is 0 Å². The fourth-order valence-corrected chi connectivity index (χ4v) is 2.45. The van der Waals surface area contributed by atoms with Gasteiger partial charge in [0.05, 0.1) is 0 Å². The summed E-state index contributed by atoms with van der Waals surface area (Å²) >= 11 is 0. The zero-order valence-electron chi connectivity index (χ0n) is 13.7. The minimum absolute atomic E-state index is 0.151. The Morgan fingerprint density at radius 2 is 1.90 bits per heavy atom. The third-order valence-corrected chi connectivity index (χ3v) is 4.07. The Morgan fingerprint density at radius 1 is 1.25 bits per heavy atom. The lowest BCUT2D eigenvalue weighted by Gasteiger charge is -2.37. The second kappa shape index (κ2) is 5.72. The van der Waals surface area contributed by atoms with Crippen molar-refractivity contribution in [2.75, 3.05) is 18.0 Å². The lowest BCUT2D eigenvalue weighted by atomic mass is 9.83. The fourth-order valence-electron chi connectivity index (χ4n) is 2.45. The number of nitrogens with one attached hydrogen (secondary N) is 1. The number of nitrogens with zero attached hydrogens (tertiary/aromatic N) is 2. The molecule has 0 aliphatic carbocycles. The Morgan fingerprint density at radius 3 is 2.50 bits per heavy atom. The van der Waals surface area contributed by atoms with Gasteiger partial charge in [0.25, 0.3) is 0 Å². The van der Waals surface area contributed by atoms with E-state index < -0.39 is 0 Å². The molecule has 3 nitrogen and oxygen atoms in total. The van der Waals surface area contributed by atoms with Crippen molar-refractivity contribution in [1.29, 1.82) is 0 Å². The second-order valence-corrected chi connectivity index (χ2v) is 7.78. The standard InChI is InChI=1S/C17H29N3/c1-16(2,3)19-13-14-6-9-18-15(12-14)20-10-7-17(4,5)8-11-20/h6,9,12,19H,7-8,10-11,13H2,1-5H3. The number of aromatic nitrogens is 1. The van der Waals surface area contributed by atoms with Crippen molar-refractivity contribution in [1.82, 2.24) is 10.3 Å². The van der Waals surface area contributed by atoms with Crippen molar-refractivity contribution in [2.45, 2.75) is 59.5 Å². The summed E-state index contributed by atoms with van der Waals surface area (Å²) in [5.41, 5.74) is 1.95. The van der Waals surface area contributed by atoms with Gasteiger partial charge in [0.1, 0.15) is 5.82 Å². The van der Waals surface area contributed by atoms with Crippen molar-refractivity contribution >= 4 is 5.82 Å². The van der Waals surface area contributed by atoms with E-state index in [9.17, 15) is 0 Å². The van der Waals surface area contributed by atoms with Crippen LogP contribution in [0.25, 0.3) is 0 Å². The van der Waals surface area contributed by atoms with Gasteiger partial charge in [-0.15, -0.1) is 0 Å². The molecule has 1 aliphatic rings. The maximum Gasteiger partial charge on any atom is 0.128 e. The van der Waals surface area contributed by atoms with Crippen molar-refractivity contribution in [2.24, 2.45) is 5.41 Å². The average Bonchev–Trinajstić information content (AvgIpc) is 2.36. The lowest BCUT2D eigenvalue weighted by Crippen LogP contribution is -2.38. The maximum atomic E-state index is 4.55. The maximum absolute atomic E-state index is 4.55. The molecule has 3 heteroatoms. The van der Waals surface area contributed by atoms with Crippen LogP contribution in [-0.4, -0.2) is 23.6 Å². The Balaban J connectivity index is 1.99. The van der Waals surface area contributed by atoms with Crippen LogP contribution >= 0.6 is 0 Å². The fraction of sp³-hybridized carbons (Fsp3) is 0.706. The van der Waals surface area contributed by atoms with Crippen LogP contribution in [-0.2, 0) is 6.54 Å². The van der Waals surface area contributed by atoms with Gasteiger partial charge in [-0.1, -0.05) is 13.8 Å². The molecule has 2 rings (SSSR count). The molecule has 0 unspecified atom stereocenters. The molecule has 0 saturated carbocycles. The van der Waals surface area contributed by atoms with Crippen molar-refractivity contribution < 1.29 is 0 Å². The first kappa shape index (κ1) is 15.3. The molecule has 1 N–H and O–H groups in total. The highest BCUT2D eigenvalue weighted by Crippen LogP contribution is 2.31. The summed E-state index contributed by atoms with van der Waals surface area (Å²) < 4.78 is 0. The normalized spacial score (nSPS) is 19.1. The third kappa shape index (κ3) is 4.48. The highest BCUT2D eigenvalue weighted by Gasteiger charge is 2.25. The number of pyridine rings is 1. The number of piperidine rings is 1. The Kier molecular flexibility index (Phi) is 4.38. The van der Waals surface area contributed by atoms with Crippen LogP contribution in [0.3, 0.4) is 0 Å². The van der Waals surface area contributed by atoms with Crippen LogP contribution < -0.4 is 10.2 Å². The van der Waals surface area contributed by atoms with E-state index in [2.05, 4.69) is 62.0 Å². The zero-order valence-corrected chi connectivity index (χ0v) is 13.7. The smallest absolute Gasteiger partial charge is 0.128 e. The van der Waals surface area contributed by atoms with E-state index in [4.69, 9.17) is 0 Å². The van der Waals surface area contributed by atoms with Gasteiger partial charge in [-0.05, 0) is 56.7 Å². The molecule has 1 saturated heterocycles. The van der Waals surface area contributed by atoms with Crippen LogP contribution in [0.4, 0.5) is 5.82 Å². The molecule has 0 radical (unpaired) electrons. The summed E-state index contributed by atoms with van der Waals surface area (Å²) in [5.74, 6) is 1.13. The Labute approximate surface area is 123 Å². The van der Waals surface area contributed by atoms with E-state index in [0.717, 1.165) is 25.5 Å². The largest absolute Gasteiger partial charge is 0.357 e. The molecule has 1 aromatic rings. The van der Waals surface area contributed by atoms with Crippen LogP contribution in [0.1, 0.15) is 53.0 Å². The van der Waals surface area contributed by atoms with Crippen molar-refractivity contribution in [3.05, 3.63) is 23.9 Å². The molecule has 1 aliphatic heterocycles. The summed E-state index contributed by atoms with van der Waals surface area (Å²) in [6, 6.07) is 4.34. The van der Waals surface area contributed by atoms with Crippen molar-refractivity contribution in [3.8, 4) is 0 Å². The van der Waals surface area contributed by atoms with Gasteiger partial charge in [0.2, 0.25) is 0 Å². The highest BCUT2D eigenvalue weighted by molar-refractivity contribution is 5.41. The first-order valence-electron chi connectivity index (χ1n) is 7.70. The minimum Gasteiger partial charge on any atom is -0.357 e. The van der Waals surface area contributed by atoms with Gasteiger partial charge in [0.15, 0.2) is 0 Å². The summed E-state index contributed by atoms with van der Waals surface area (Å²) in [4.78, 5) is 6.98. The minimum atomic E-state index is 0.151. The first-order valence-corrected chi connectivity index (χ1v) is 7.70. The topological polar surface area (TPSA) is 28.2 Å². The molecule has 0 aromatic carbocycles. The molecule has 0 amide bonds. The summed E-state index contributed by atoms with van der Waals surface area (Å²) in [5, 5.41) is 3.54. The summed E-state index contributed by atoms with van der Waals surface area (Å²) in [6.45, 7) is 14.5.